The maximum absolute atomic E-state index is 6.04. The van der Waals surface area contributed by atoms with Gasteiger partial charge in [0, 0.05) is 6.04 Å². The lowest BCUT2D eigenvalue weighted by molar-refractivity contribution is 0.287. The van der Waals surface area contributed by atoms with Crippen molar-refractivity contribution in [1.29, 1.82) is 0 Å². The fourth-order valence-electron chi connectivity index (χ4n) is 2.12. The molecule has 70 valence electrons. The van der Waals surface area contributed by atoms with Crippen molar-refractivity contribution >= 4 is 0 Å². The van der Waals surface area contributed by atoms with Gasteiger partial charge < -0.3 is 5.73 Å². The molecule has 0 aliphatic heterocycles. The van der Waals surface area contributed by atoms with Crippen molar-refractivity contribution in [3.05, 3.63) is 12.7 Å². The lowest BCUT2D eigenvalue weighted by Crippen LogP contribution is -2.32. The van der Waals surface area contributed by atoms with Crippen LogP contribution in [0.15, 0.2) is 12.7 Å². The predicted molar refractivity (Wildman–Crippen MR) is 54.0 cm³/mol. The molecule has 2 atom stereocenters. The molecule has 0 bridgehead atoms. The second-order valence-electron chi connectivity index (χ2n) is 3.93. The van der Waals surface area contributed by atoms with E-state index in [0.29, 0.717) is 6.04 Å². The summed E-state index contributed by atoms with van der Waals surface area (Å²) in [6, 6.07) is 0.489. The number of allylic oxidation sites excluding steroid dienone is 1. The van der Waals surface area contributed by atoms with Crippen LogP contribution in [-0.2, 0) is 0 Å². The summed E-state index contributed by atoms with van der Waals surface area (Å²) in [5.74, 6) is 0.804. The van der Waals surface area contributed by atoms with Crippen LogP contribution in [-0.4, -0.2) is 6.04 Å². The first-order valence-corrected chi connectivity index (χ1v) is 5.21. The molecule has 0 amide bonds. The maximum atomic E-state index is 6.04. The summed E-state index contributed by atoms with van der Waals surface area (Å²) in [4.78, 5) is 0. The minimum atomic E-state index is 0.489. The average molecular weight is 167 g/mol. The third kappa shape index (κ3) is 2.98. The topological polar surface area (TPSA) is 26.0 Å². The molecule has 0 spiro atoms. The Balaban J connectivity index is 2.15. The van der Waals surface area contributed by atoms with E-state index in [1.807, 2.05) is 6.08 Å². The number of hydrogen-bond donors (Lipinski definition) is 1. The molecule has 1 fully saturated rings. The second-order valence-corrected chi connectivity index (χ2v) is 3.93. The van der Waals surface area contributed by atoms with Crippen molar-refractivity contribution in [2.75, 3.05) is 0 Å². The summed E-state index contributed by atoms with van der Waals surface area (Å²) in [7, 11) is 0. The van der Waals surface area contributed by atoms with E-state index in [2.05, 4.69) is 6.58 Å². The summed E-state index contributed by atoms with van der Waals surface area (Å²) in [5.41, 5.74) is 6.04. The molecule has 2 unspecified atom stereocenters. The standard InChI is InChI=1S/C11H21N/c1-2-3-4-7-10-8-5-6-9-11(10)12/h2,10-11H,1,3-9,12H2. The van der Waals surface area contributed by atoms with Crippen LogP contribution in [0.4, 0.5) is 0 Å². The third-order valence-electron chi connectivity index (χ3n) is 2.95. The van der Waals surface area contributed by atoms with Crippen LogP contribution in [0.25, 0.3) is 0 Å². The normalized spacial score (nSPS) is 30.1. The van der Waals surface area contributed by atoms with Crippen LogP contribution in [0.2, 0.25) is 0 Å². The van der Waals surface area contributed by atoms with Crippen LogP contribution in [0.3, 0.4) is 0 Å². The van der Waals surface area contributed by atoms with Crippen molar-refractivity contribution in [1.82, 2.24) is 0 Å². The van der Waals surface area contributed by atoms with Gasteiger partial charge in [-0.25, -0.2) is 0 Å². The first kappa shape index (κ1) is 9.79. The van der Waals surface area contributed by atoms with Crippen LogP contribution in [0.1, 0.15) is 44.9 Å². The molecule has 0 aromatic heterocycles. The smallest absolute Gasteiger partial charge is 0.00671 e. The highest BCUT2D eigenvalue weighted by Gasteiger charge is 2.20. The lowest BCUT2D eigenvalue weighted by atomic mass is 9.82. The molecule has 1 heteroatoms. The molecule has 1 aliphatic carbocycles. The zero-order chi connectivity index (χ0) is 8.81. The van der Waals surface area contributed by atoms with Gasteiger partial charge in [0.1, 0.15) is 0 Å². The van der Waals surface area contributed by atoms with Gasteiger partial charge in [-0.1, -0.05) is 18.9 Å². The van der Waals surface area contributed by atoms with Crippen LogP contribution in [0.5, 0.6) is 0 Å². The van der Waals surface area contributed by atoms with Gasteiger partial charge in [-0.3, -0.25) is 0 Å². The van der Waals surface area contributed by atoms with E-state index in [1.165, 1.54) is 38.5 Å². The molecule has 1 nitrogen and oxygen atoms in total. The first-order chi connectivity index (χ1) is 5.84. The molecule has 0 aromatic carbocycles. The zero-order valence-electron chi connectivity index (χ0n) is 7.97. The Hall–Kier alpha value is -0.300. The molecule has 1 aliphatic rings. The van der Waals surface area contributed by atoms with Gasteiger partial charge in [0.2, 0.25) is 0 Å². The Morgan fingerprint density at radius 2 is 2.08 bits per heavy atom. The van der Waals surface area contributed by atoms with Gasteiger partial charge in [-0.15, -0.1) is 6.58 Å². The number of unbranched alkanes of at least 4 members (excludes halogenated alkanes) is 1. The fraction of sp³-hybridized carbons (Fsp3) is 0.818. The van der Waals surface area contributed by atoms with Crippen molar-refractivity contribution in [3.8, 4) is 0 Å². The average Bonchev–Trinajstić information content (AvgIpc) is 2.09. The Kier molecular flexibility index (Phi) is 4.37. The Bertz CT molecular complexity index is 131. The summed E-state index contributed by atoms with van der Waals surface area (Å²) in [6.45, 7) is 3.73. The summed E-state index contributed by atoms with van der Waals surface area (Å²) >= 11 is 0. The van der Waals surface area contributed by atoms with Gasteiger partial charge in [-0.2, -0.15) is 0 Å². The predicted octanol–water partition coefficient (Wildman–Crippen LogP) is 2.86. The Labute approximate surface area is 76.0 Å². The summed E-state index contributed by atoms with van der Waals surface area (Å²) in [5, 5.41) is 0. The molecule has 12 heavy (non-hydrogen) atoms. The Morgan fingerprint density at radius 3 is 2.75 bits per heavy atom. The molecule has 0 saturated heterocycles. The monoisotopic (exact) mass is 167 g/mol. The molecule has 0 radical (unpaired) electrons. The molecule has 0 aromatic rings. The van der Waals surface area contributed by atoms with Crippen LogP contribution >= 0.6 is 0 Å². The highest BCUT2D eigenvalue weighted by molar-refractivity contribution is 4.78. The van der Waals surface area contributed by atoms with Crippen LogP contribution < -0.4 is 5.73 Å². The van der Waals surface area contributed by atoms with Crippen molar-refractivity contribution in [3.63, 3.8) is 0 Å². The first-order valence-electron chi connectivity index (χ1n) is 5.21. The minimum absolute atomic E-state index is 0.489. The van der Waals surface area contributed by atoms with E-state index in [0.717, 1.165) is 12.3 Å². The van der Waals surface area contributed by atoms with E-state index in [4.69, 9.17) is 5.73 Å². The molecular weight excluding hydrogens is 146 g/mol. The fourth-order valence-corrected chi connectivity index (χ4v) is 2.12. The molecule has 1 rings (SSSR count). The van der Waals surface area contributed by atoms with E-state index in [-0.39, 0.29) is 0 Å². The SMILES string of the molecule is C=CCCCC1CCCCC1N. The third-order valence-corrected chi connectivity index (χ3v) is 2.95. The minimum Gasteiger partial charge on any atom is -0.327 e. The number of rotatable bonds is 4. The van der Waals surface area contributed by atoms with Gasteiger partial charge in [0.05, 0.1) is 0 Å². The maximum Gasteiger partial charge on any atom is 0.00671 e. The van der Waals surface area contributed by atoms with Gasteiger partial charge >= 0.3 is 0 Å². The quantitative estimate of drug-likeness (QED) is 0.505. The number of nitrogens with two attached hydrogens (primary N) is 1. The van der Waals surface area contributed by atoms with Crippen molar-refractivity contribution in [2.24, 2.45) is 11.7 Å². The van der Waals surface area contributed by atoms with E-state index in [9.17, 15) is 0 Å². The highest BCUT2D eigenvalue weighted by Crippen LogP contribution is 2.26. The van der Waals surface area contributed by atoms with Crippen LogP contribution in [0, 0.1) is 5.92 Å². The second kappa shape index (κ2) is 5.36. The Morgan fingerprint density at radius 1 is 1.33 bits per heavy atom. The largest absolute Gasteiger partial charge is 0.327 e. The summed E-state index contributed by atoms with van der Waals surface area (Å²) < 4.78 is 0. The van der Waals surface area contributed by atoms with Crippen molar-refractivity contribution < 1.29 is 0 Å². The molecule has 2 N–H and O–H groups in total. The molecular formula is C11H21N. The van der Waals surface area contributed by atoms with E-state index in [1.54, 1.807) is 0 Å². The zero-order valence-corrected chi connectivity index (χ0v) is 7.97. The molecule has 1 saturated carbocycles. The number of hydrogen-bond acceptors (Lipinski definition) is 1. The van der Waals surface area contributed by atoms with Crippen molar-refractivity contribution in [2.45, 2.75) is 51.0 Å². The highest BCUT2D eigenvalue weighted by atomic mass is 14.7. The molecule has 0 heterocycles. The van der Waals surface area contributed by atoms with Gasteiger partial charge in [0.25, 0.3) is 0 Å². The summed E-state index contributed by atoms with van der Waals surface area (Å²) in [6.07, 6.45) is 11.1. The van der Waals surface area contributed by atoms with Gasteiger partial charge in [-0.05, 0) is 38.0 Å². The van der Waals surface area contributed by atoms with Gasteiger partial charge in [0.15, 0.2) is 0 Å². The lowest BCUT2D eigenvalue weighted by Gasteiger charge is -2.28. The van der Waals surface area contributed by atoms with E-state index >= 15 is 0 Å². The van der Waals surface area contributed by atoms with E-state index < -0.39 is 0 Å².